The molecule has 110 valence electrons. The Balaban J connectivity index is 1.71. The number of rotatable bonds is 8. The first-order valence-electron chi connectivity index (χ1n) is 7.05. The van der Waals surface area contributed by atoms with Crippen molar-refractivity contribution in [3.63, 3.8) is 0 Å². The summed E-state index contributed by atoms with van der Waals surface area (Å²) in [5, 5.41) is 0.964. The summed E-state index contributed by atoms with van der Waals surface area (Å²) in [5.41, 5.74) is 1.15. The normalized spacial score (nSPS) is 18.1. The van der Waals surface area contributed by atoms with Gasteiger partial charge < -0.3 is 0 Å². The number of unbranched alkanes of at least 4 members (excludes halogenated alkanes) is 1. The number of hydrogen-bond donors (Lipinski definition) is 0. The molecule has 0 aliphatic carbocycles. The highest BCUT2D eigenvalue weighted by atomic mass is 79.9. The Morgan fingerprint density at radius 1 is 1.20 bits per heavy atom. The highest BCUT2D eigenvalue weighted by molar-refractivity contribution is 9.09. The second kappa shape index (κ2) is 8.05. The quantitative estimate of drug-likeness (QED) is 0.527. The predicted molar refractivity (Wildman–Crippen MR) is 85.1 cm³/mol. The summed E-state index contributed by atoms with van der Waals surface area (Å²) in [6.45, 7) is 1.46. The van der Waals surface area contributed by atoms with Gasteiger partial charge in [-0.15, -0.1) is 0 Å². The molecule has 5 heteroatoms. The van der Waals surface area contributed by atoms with Gasteiger partial charge in [-0.25, -0.2) is 8.51 Å². The van der Waals surface area contributed by atoms with Gasteiger partial charge in [-0.3, -0.25) is 4.79 Å². The Hall–Kier alpha value is -0.520. The second-order valence-corrected chi connectivity index (χ2v) is 7.26. The maximum absolute atomic E-state index is 12.2. The van der Waals surface area contributed by atoms with Gasteiger partial charge in [-0.1, -0.05) is 34.1 Å². The Morgan fingerprint density at radius 3 is 2.70 bits per heavy atom. The van der Waals surface area contributed by atoms with Crippen LogP contribution in [0.2, 0.25) is 0 Å². The molecule has 0 spiro atoms. The molecule has 0 fully saturated rings. The first-order chi connectivity index (χ1) is 9.72. The van der Waals surface area contributed by atoms with Crippen LogP contribution in [0.15, 0.2) is 29.2 Å². The van der Waals surface area contributed by atoms with Crippen molar-refractivity contribution in [3.8, 4) is 0 Å². The predicted octanol–water partition coefficient (Wildman–Crippen LogP) is 3.44. The number of benzene rings is 1. The molecular formula is C15H20BrNO2S. The van der Waals surface area contributed by atoms with Crippen molar-refractivity contribution in [2.45, 2.75) is 43.5 Å². The van der Waals surface area contributed by atoms with Gasteiger partial charge >= 0.3 is 0 Å². The molecular weight excluding hydrogens is 338 g/mol. The van der Waals surface area contributed by atoms with E-state index in [-0.39, 0.29) is 0 Å². The maximum Gasteiger partial charge on any atom is 0.132 e. The molecule has 2 rings (SSSR count). The molecule has 0 saturated heterocycles. The molecule has 0 saturated carbocycles. The van der Waals surface area contributed by atoms with Crippen LogP contribution in [0.1, 0.15) is 37.7 Å². The zero-order valence-corrected chi connectivity index (χ0v) is 13.9. The molecule has 1 heterocycles. The van der Waals surface area contributed by atoms with E-state index in [2.05, 4.69) is 15.9 Å². The summed E-state index contributed by atoms with van der Waals surface area (Å²) < 4.78 is 14.2. The van der Waals surface area contributed by atoms with Crippen LogP contribution in [0.3, 0.4) is 0 Å². The molecule has 0 amide bonds. The van der Waals surface area contributed by atoms with Gasteiger partial charge in [0.25, 0.3) is 0 Å². The van der Waals surface area contributed by atoms with Gasteiger partial charge in [0.15, 0.2) is 0 Å². The van der Waals surface area contributed by atoms with Crippen molar-refractivity contribution in [1.29, 1.82) is 0 Å². The zero-order chi connectivity index (χ0) is 14.4. The molecule has 1 aromatic carbocycles. The standard InChI is InChI=1S/C15H20BrNO2S/c16-10-4-3-7-14(18)8-5-11-17-12-13-6-1-2-9-15(13)20(17)19/h1-2,6,9H,3-5,7-8,10-12H2. The lowest BCUT2D eigenvalue weighted by Crippen LogP contribution is -2.21. The molecule has 0 N–H and O–H groups in total. The fraction of sp³-hybridized carbons (Fsp3) is 0.533. The fourth-order valence-corrected chi connectivity index (χ4v) is 4.13. The summed E-state index contributed by atoms with van der Waals surface area (Å²) in [7, 11) is -1.04. The number of alkyl halides is 1. The van der Waals surface area contributed by atoms with Crippen LogP contribution in [0.5, 0.6) is 0 Å². The van der Waals surface area contributed by atoms with Crippen LogP contribution < -0.4 is 0 Å². The third kappa shape index (κ3) is 4.24. The van der Waals surface area contributed by atoms with Crippen molar-refractivity contribution in [3.05, 3.63) is 29.8 Å². The van der Waals surface area contributed by atoms with Gasteiger partial charge in [0.2, 0.25) is 0 Å². The molecule has 3 nitrogen and oxygen atoms in total. The molecule has 20 heavy (non-hydrogen) atoms. The van der Waals surface area contributed by atoms with Crippen LogP contribution in [0, 0.1) is 0 Å². The molecule has 1 aliphatic rings. The highest BCUT2D eigenvalue weighted by Gasteiger charge is 2.25. The number of carbonyl (C=O) groups is 1. The van der Waals surface area contributed by atoms with Gasteiger partial charge in [0, 0.05) is 31.3 Å². The summed E-state index contributed by atoms with van der Waals surface area (Å²) in [4.78, 5) is 12.6. The van der Waals surface area contributed by atoms with Crippen LogP contribution in [-0.2, 0) is 22.3 Å². The number of carbonyl (C=O) groups excluding carboxylic acids is 1. The van der Waals surface area contributed by atoms with E-state index in [0.717, 1.165) is 48.1 Å². The lowest BCUT2D eigenvalue weighted by Gasteiger charge is -2.12. The van der Waals surface area contributed by atoms with Crippen molar-refractivity contribution >= 4 is 32.7 Å². The van der Waals surface area contributed by atoms with E-state index < -0.39 is 11.0 Å². The zero-order valence-electron chi connectivity index (χ0n) is 11.5. The van der Waals surface area contributed by atoms with Gasteiger partial charge in [-0.2, -0.15) is 0 Å². The monoisotopic (exact) mass is 357 g/mol. The minimum Gasteiger partial charge on any atom is -0.300 e. The number of hydrogen-bond acceptors (Lipinski definition) is 2. The summed E-state index contributed by atoms with van der Waals surface area (Å²) >= 11 is 3.37. The van der Waals surface area contributed by atoms with E-state index in [1.165, 1.54) is 0 Å². The second-order valence-electron chi connectivity index (χ2n) is 5.01. The molecule has 1 aromatic rings. The third-order valence-corrected chi connectivity index (χ3v) is 5.56. The minimum atomic E-state index is -1.04. The topological polar surface area (TPSA) is 37.4 Å². The number of nitrogens with zero attached hydrogens (tertiary/aromatic N) is 1. The third-order valence-electron chi connectivity index (χ3n) is 3.44. The van der Waals surface area contributed by atoms with Crippen LogP contribution in [-0.4, -0.2) is 26.2 Å². The number of fused-ring (bicyclic) bond motifs is 1. The van der Waals surface area contributed by atoms with Crippen LogP contribution in [0.25, 0.3) is 0 Å². The maximum atomic E-state index is 12.2. The average Bonchev–Trinajstić information content (AvgIpc) is 2.77. The Labute approximate surface area is 131 Å². The fourth-order valence-electron chi connectivity index (χ4n) is 2.35. The van der Waals surface area contributed by atoms with Crippen molar-refractivity contribution in [2.24, 2.45) is 0 Å². The van der Waals surface area contributed by atoms with Crippen LogP contribution in [0.4, 0.5) is 0 Å². The van der Waals surface area contributed by atoms with E-state index >= 15 is 0 Å². The smallest absolute Gasteiger partial charge is 0.132 e. The molecule has 1 aliphatic heterocycles. The minimum absolute atomic E-state index is 0.327. The summed E-state index contributed by atoms with van der Waals surface area (Å²) in [6, 6.07) is 7.86. The van der Waals surface area contributed by atoms with Crippen LogP contribution >= 0.6 is 15.9 Å². The molecule has 0 bridgehead atoms. The Kier molecular flexibility index (Phi) is 6.39. The molecule has 0 aromatic heterocycles. The Morgan fingerprint density at radius 2 is 1.95 bits per heavy atom. The van der Waals surface area contributed by atoms with E-state index in [4.69, 9.17) is 0 Å². The number of Topliss-reactive ketones (excluding diaryl/α,β-unsaturated/α-hetero) is 1. The highest BCUT2D eigenvalue weighted by Crippen LogP contribution is 2.26. The number of halogens is 1. The molecule has 1 unspecified atom stereocenters. The Bertz CT molecular complexity index is 493. The summed E-state index contributed by atoms with van der Waals surface area (Å²) in [5.74, 6) is 0.327. The first-order valence-corrected chi connectivity index (χ1v) is 9.27. The number of ketones is 1. The van der Waals surface area contributed by atoms with E-state index in [9.17, 15) is 9.00 Å². The van der Waals surface area contributed by atoms with E-state index in [1.807, 2.05) is 28.6 Å². The lowest BCUT2D eigenvalue weighted by atomic mass is 10.1. The van der Waals surface area contributed by atoms with Gasteiger partial charge in [0.1, 0.15) is 16.8 Å². The molecule has 0 radical (unpaired) electrons. The van der Waals surface area contributed by atoms with Crippen molar-refractivity contribution in [1.82, 2.24) is 4.31 Å². The largest absolute Gasteiger partial charge is 0.300 e. The van der Waals surface area contributed by atoms with Crippen molar-refractivity contribution in [2.75, 3.05) is 11.9 Å². The first kappa shape index (κ1) is 15.9. The van der Waals surface area contributed by atoms with E-state index in [1.54, 1.807) is 0 Å². The van der Waals surface area contributed by atoms with Crippen molar-refractivity contribution < 1.29 is 9.00 Å². The van der Waals surface area contributed by atoms with E-state index in [0.29, 0.717) is 18.6 Å². The van der Waals surface area contributed by atoms with Gasteiger partial charge in [0.05, 0.1) is 4.90 Å². The SMILES string of the molecule is O=C(CCCCBr)CCCN1Cc2ccccc2S1=O. The average molecular weight is 358 g/mol. The summed E-state index contributed by atoms with van der Waals surface area (Å²) in [6.07, 6.45) is 4.09. The molecule has 1 atom stereocenters. The lowest BCUT2D eigenvalue weighted by molar-refractivity contribution is -0.119. The van der Waals surface area contributed by atoms with Gasteiger partial charge in [-0.05, 0) is 30.9 Å².